The van der Waals surface area contributed by atoms with Crippen molar-refractivity contribution in [1.29, 1.82) is 0 Å². The Bertz CT molecular complexity index is 820. The average Bonchev–Trinajstić information content (AvgIpc) is 3.18. The second kappa shape index (κ2) is 6.54. The smallest absolute Gasteiger partial charge is 0.340 e. The lowest BCUT2D eigenvalue weighted by molar-refractivity contribution is -0.136. The van der Waals surface area contributed by atoms with E-state index in [1.54, 1.807) is 43.6 Å². The molecule has 0 saturated carbocycles. The molecule has 3 rings (SSSR count). The van der Waals surface area contributed by atoms with E-state index in [1.807, 2.05) is 6.07 Å². The van der Waals surface area contributed by atoms with Crippen LogP contribution in [-0.4, -0.2) is 28.9 Å². The van der Waals surface area contributed by atoms with Crippen LogP contribution >= 0.6 is 0 Å². The van der Waals surface area contributed by atoms with Crippen LogP contribution < -0.4 is 0 Å². The minimum Gasteiger partial charge on any atom is -0.465 e. The summed E-state index contributed by atoms with van der Waals surface area (Å²) in [6.45, 7) is 2.05. The highest BCUT2D eigenvalue weighted by Crippen LogP contribution is 2.32. The third kappa shape index (κ3) is 2.86. The molecule has 0 spiro atoms. The van der Waals surface area contributed by atoms with Crippen molar-refractivity contribution in [3.05, 3.63) is 71.1 Å². The van der Waals surface area contributed by atoms with Gasteiger partial charge in [0.1, 0.15) is 5.76 Å². The van der Waals surface area contributed by atoms with Crippen LogP contribution in [0.25, 0.3) is 6.08 Å². The first-order valence-corrected chi connectivity index (χ1v) is 7.37. The number of amides is 1. The molecule has 0 bridgehead atoms. The molecule has 3 heterocycles. The lowest BCUT2D eigenvalue weighted by atomic mass is 10.1. The van der Waals surface area contributed by atoms with E-state index in [1.165, 1.54) is 18.3 Å². The zero-order valence-electron chi connectivity index (χ0n) is 13.4. The SMILES string of the molecule is COC(=O)C1=C(C)N(Cc2cccnc2)C(=O)C1=Cc1ccco1. The number of esters is 1. The van der Waals surface area contributed by atoms with Crippen LogP contribution in [0.15, 0.2) is 64.2 Å². The Kier molecular flexibility index (Phi) is 4.29. The number of allylic oxidation sites excluding steroid dienone is 1. The Labute approximate surface area is 139 Å². The number of nitrogens with zero attached hydrogens (tertiary/aromatic N) is 2. The molecule has 0 atom stereocenters. The van der Waals surface area contributed by atoms with Gasteiger partial charge in [0.05, 0.1) is 31.1 Å². The topological polar surface area (TPSA) is 72.6 Å². The zero-order chi connectivity index (χ0) is 17.1. The predicted molar refractivity (Wildman–Crippen MR) is 86.2 cm³/mol. The van der Waals surface area contributed by atoms with Gasteiger partial charge in [-0.25, -0.2) is 4.79 Å². The number of pyridine rings is 1. The maximum absolute atomic E-state index is 12.8. The Morgan fingerprint density at radius 1 is 1.38 bits per heavy atom. The molecular weight excluding hydrogens is 308 g/mol. The van der Waals surface area contributed by atoms with E-state index < -0.39 is 5.97 Å². The number of rotatable bonds is 4. The zero-order valence-corrected chi connectivity index (χ0v) is 13.4. The average molecular weight is 324 g/mol. The van der Waals surface area contributed by atoms with Crippen LogP contribution in [0.1, 0.15) is 18.2 Å². The Hall–Kier alpha value is -3.15. The number of methoxy groups -OCH3 is 1. The van der Waals surface area contributed by atoms with Crippen molar-refractivity contribution in [3.8, 4) is 0 Å². The van der Waals surface area contributed by atoms with Gasteiger partial charge in [0.25, 0.3) is 5.91 Å². The fourth-order valence-electron chi connectivity index (χ4n) is 2.61. The number of ether oxygens (including phenoxy) is 1. The van der Waals surface area contributed by atoms with Crippen molar-refractivity contribution >= 4 is 18.0 Å². The quantitative estimate of drug-likeness (QED) is 0.638. The van der Waals surface area contributed by atoms with Gasteiger partial charge in [-0.2, -0.15) is 0 Å². The highest BCUT2D eigenvalue weighted by atomic mass is 16.5. The first-order valence-electron chi connectivity index (χ1n) is 7.37. The number of carbonyl (C=O) groups excluding carboxylic acids is 2. The second-order valence-electron chi connectivity index (χ2n) is 5.28. The molecule has 0 unspecified atom stereocenters. The van der Waals surface area contributed by atoms with Crippen LogP contribution in [0, 0.1) is 0 Å². The largest absolute Gasteiger partial charge is 0.465 e. The van der Waals surface area contributed by atoms with Gasteiger partial charge < -0.3 is 14.1 Å². The van der Waals surface area contributed by atoms with Crippen molar-refractivity contribution in [2.24, 2.45) is 0 Å². The summed E-state index contributed by atoms with van der Waals surface area (Å²) in [5.74, 6) is -0.323. The molecule has 1 amide bonds. The number of furan rings is 1. The fraction of sp³-hybridized carbons (Fsp3) is 0.167. The first-order chi connectivity index (χ1) is 11.6. The minimum absolute atomic E-state index is 0.253. The standard InChI is InChI=1S/C18H16N2O4/c1-12-16(18(22)23-2)15(9-14-6-4-8-24-14)17(21)20(12)11-13-5-3-7-19-10-13/h3-10H,11H2,1-2H3. The summed E-state index contributed by atoms with van der Waals surface area (Å²) in [5.41, 5.74) is 1.93. The summed E-state index contributed by atoms with van der Waals surface area (Å²) < 4.78 is 10.1. The number of hydrogen-bond acceptors (Lipinski definition) is 5. The maximum atomic E-state index is 12.8. The summed E-state index contributed by atoms with van der Waals surface area (Å²) in [7, 11) is 1.29. The maximum Gasteiger partial charge on any atom is 0.340 e. The van der Waals surface area contributed by atoms with Crippen LogP contribution in [0.3, 0.4) is 0 Å². The van der Waals surface area contributed by atoms with Crippen molar-refractivity contribution in [3.63, 3.8) is 0 Å². The van der Waals surface area contributed by atoms with Crippen molar-refractivity contribution < 1.29 is 18.7 Å². The lowest BCUT2D eigenvalue weighted by Crippen LogP contribution is -2.24. The molecule has 0 radical (unpaired) electrons. The Balaban J connectivity index is 2.01. The molecule has 122 valence electrons. The van der Waals surface area contributed by atoms with E-state index in [-0.39, 0.29) is 17.1 Å². The third-order valence-corrected chi connectivity index (χ3v) is 3.79. The van der Waals surface area contributed by atoms with E-state index in [9.17, 15) is 9.59 Å². The minimum atomic E-state index is -0.549. The normalized spacial score (nSPS) is 16.2. The van der Waals surface area contributed by atoms with E-state index in [2.05, 4.69) is 4.98 Å². The van der Waals surface area contributed by atoms with Crippen LogP contribution in [0.2, 0.25) is 0 Å². The molecule has 0 aromatic carbocycles. The van der Waals surface area contributed by atoms with Crippen LogP contribution in [-0.2, 0) is 20.9 Å². The van der Waals surface area contributed by atoms with Crippen LogP contribution in [0.5, 0.6) is 0 Å². The van der Waals surface area contributed by atoms with E-state index in [0.29, 0.717) is 18.0 Å². The van der Waals surface area contributed by atoms with Gasteiger partial charge >= 0.3 is 5.97 Å². The number of carbonyl (C=O) groups is 2. The van der Waals surface area contributed by atoms with Gasteiger partial charge in [-0.3, -0.25) is 9.78 Å². The molecule has 0 aliphatic carbocycles. The molecule has 1 aliphatic heterocycles. The first kappa shape index (κ1) is 15.7. The van der Waals surface area contributed by atoms with Gasteiger partial charge in [-0.15, -0.1) is 0 Å². The van der Waals surface area contributed by atoms with Crippen molar-refractivity contribution in [1.82, 2.24) is 9.88 Å². The summed E-state index contributed by atoms with van der Waals surface area (Å²) in [4.78, 5) is 30.6. The third-order valence-electron chi connectivity index (χ3n) is 3.79. The highest BCUT2D eigenvalue weighted by Gasteiger charge is 2.37. The van der Waals surface area contributed by atoms with Gasteiger partial charge in [0.2, 0.25) is 0 Å². The fourth-order valence-corrected chi connectivity index (χ4v) is 2.61. The summed E-state index contributed by atoms with van der Waals surface area (Å²) in [6.07, 6.45) is 6.42. The molecular formula is C18H16N2O4. The molecule has 6 nitrogen and oxygen atoms in total. The van der Waals surface area contributed by atoms with Gasteiger partial charge in [0, 0.05) is 18.1 Å². The predicted octanol–water partition coefficient (Wildman–Crippen LogP) is 2.55. The van der Waals surface area contributed by atoms with Crippen molar-refractivity contribution in [2.45, 2.75) is 13.5 Å². The van der Waals surface area contributed by atoms with Gasteiger partial charge in [-0.1, -0.05) is 6.07 Å². The Morgan fingerprint density at radius 2 is 2.21 bits per heavy atom. The molecule has 2 aromatic heterocycles. The number of hydrogen-bond donors (Lipinski definition) is 0. The summed E-state index contributed by atoms with van der Waals surface area (Å²) in [5, 5.41) is 0. The van der Waals surface area contributed by atoms with Gasteiger partial charge in [0.15, 0.2) is 0 Å². The molecule has 0 fully saturated rings. The molecule has 24 heavy (non-hydrogen) atoms. The Morgan fingerprint density at radius 3 is 2.83 bits per heavy atom. The lowest BCUT2D eigenvalue weighted by Gasteiger charge is -2.17. The highest BCUT2D eigenvalue weighted by molar-refractivity contribution is 6.16. The molecule has 6 heteroatoms. The van der Waals surface area contributed by atoms with E-state index in [0.717, 1.165) is 5.56 Å². The van der Waals surface area contributed by atoms with E-state index in [4.69, 9.17) is 9.15 Å². The summed E-state index contributed by atoms with van der Waals surface area (Å²) in [6, 6.07) is 7.11. The number of aromatic nitrogens is 1. The second-order valence-corrected chi connectivity index (χ2v) is 5.28. The molecule has 1 aliphatic rings. The van der Waals surface area contributed by atoms with Gasteiger partial charge in [-0.05, 0) is 36.8 Å². The monoisotopic (exact) mass is 324 g/mol. The molecule has 2 aromatic rings. The summed E-state index contributed by atoms with van der Waals surface area (Å²) >= 11 is 0. The van der Waals surface area contributed by atoms with E-state index >= 15 is 0 Å². The molecule has 0 N–H and O–H groups in total. The van der Waals surface area contributed by atoms with Crippen molar-refractivity contribution in [2.75, 3.05) is 7.11 Å². The molecule has 0 saturated heterocycles. The van der Waals surface area contributed by atoms with Crippen LogP contribution in [0.4, 0.5) is 0 Å².